The molecule has 1 aromatic carbocycles. The predicted molar refractivity (Wildman–Crippen MR) is 45.5 cm³/mol. The summed E-state index contributed by atoms with van der Waals surface area (Å²) < 4.78 is 0. The molecule has 0 saturated carbocycles. The van der Waals surface area contributed by atoms with E-state index in [0.717, 1.165) is 16.6 Å². The van der Waals surface area contributed by atoms with Gasteiger partial charge < -0.3 is 4.98 Å². The molecule has 0 atom stereocenters. The molecule has 3 heteroatoms. The second kappa shape index (κ2) is 2.35. The van der Waals surface area contributed by atoms with Crippen LogP contribution in [0, 0.1) is 18.3 Å². The van der Waals surface area contributed by atoms with E-state index in [0.29, 0.717) is 5.82 Å². The van der Waals surface area contributed by atoms with E-state index < -0.39 is 0 Å². The highest BCUT2D eigenvalue weighted by atomic mass is 14.9. The van der Waals surface area contributed by atoms with Crippen LogP contribution in [0.25, 0.3) is 11.0 Å². The van der Waals surface area contributed by atoms with Crippen molar-refractivity contribution in [3.8, 4) is 6.07 Å². The van der Waals surface area contributed by atoms with Crippen LogP contribution >= 0.6 is 0 Å². The number of imidazole rings is 1. The molecule has 0 aliphatic rings. The molecule has 58 valence electrons. The summed E-state index contributed by atoms with van der Waals surface area (Å²) in [6.07, 6.45) is 0. The zero-order chi connectivity index (χ0) is 8.55. The van der Waals surface area contributed by atoms with Crippen molar-refractivity contribution in [3.05, 3.63) is 29.6 Å². The van der Waals surface area contributed by atoms with Gasteiger partial charge in [-0.1, -0.05) is 6.07 Å². The number of H-pyrrole nitrogens is 1. The lowest BCUT2D eigenvalue weighted by molar-refractivity contribution is 1.25. The van der Waals surface area contributed by atoms with E-state index in [-0.39, 0.29) is 0 Å². The average molecular weight is 157 g/mol. The van der Waals surface area contributed by atoms with Crippen molar-refractivity contribution in [2.45, 2.75) is 6.92 Å². The Kier molecular flexibility index (Phi) is 1.34. The molecule has 2 aromatic rings. The molecule has 0 fully saturated rings. The fourth-order valence-electron chi connectivity index (χ4n) is 1.18. The Morgan fingerprint density at radius 2 is 2.33 bits per heavy atom. The summed E-state index contributed by atoms with van der Waals surface area (Å²) in [7, 11) is 0. The lowest BCUT2D eigenvalue weighted by atomic mass is 10.2. The Bertz CT molecular complexity index is 462. The van der Waals surface area contributed by atoms with Crippen LogP contribution in [-0.4, -0.2) is 9.97 Å². The maximum Gasteiger partial charge on any atom is 0.211 e. The second-order valence-electron chi connectivity index (χ2n) is 2.72. The smallest absolute Gasteiger partial charge is 0.211 e. The van der Waals surface area contributed by atoms with Gasteiger partial charge in [0.25, 0.3) is 0 Å². The number of nitriles is 1. The molecule has 2 rings (SSSR count). The van der Waals surface area contributed by atoms with Crippen molar-refractivity contribution in [1.82, 2.24) is 9.97 Å². The van der Waals surface area contributed by atoms with Gasteiger partial charge in [0, 0.05) is 0 Å². The lowest BCUT2D eigenvalue weighted by Crippen LogP contribution is -1.72. The molecule has 1 N–H and O–H groups in total. The Balaban J connectivity index is 2.77. The van der Waals surface area contributed by atoms with Crippen LogP contribution in [0.4, 0.5) is 0 Å². The SMILES string of the molecule is Cc1ccc2nc(C#N)[nH]c2c1. The number of hydrogen-bond donors (Lipinski definition) is 1. The second-order valence-corrected chi connectivity index (χ2v) is 2.72. The van der Waals surface area contributed by atoms with E-state index in [1.54, 1.807) is 0 Å². The largest absolute Gasteiger partial charge is 0.329 e. The summed E-state index contributed by atoms with van der Waals surface area (Å²) in [6, 6.07) is 7.83. The summed E-state index contributed by atoms with van der Waals surface area (Å²) >= 11 is 0. The highest BCUT2D eigenvalue weighted by molar-refractivity contribution is 5.76. The van der Waals surface area contributed by atoms with Crippen molar-refractivity contribution in [2.75, 3.05) is 0 Å². The molecule has 0 spiro atoms. The van der Waals surface area contributed by atoms with Crippen molar-refractivity contribution < 1.29 is 0 Å². The number of aromatic amines is 1. The van der Waals surface area contributed by atoms with Crippen molar-refractivity contribution in [2.24, 2.45) is 0 Å². The first kappa shape index (κ1) is 6.86. The van der Waals surface area contributed by atoms with Gasteiger partial charge in [-0.05, 0) is 24.6 Å². The van der Waals surface area contributed by atoms with Crippen molar-refractivity contribution in [3.63, 3.8) is 0 Å². The monoisotopic (exact) mass is 157 g/mol. The molecule has 0 bridgehead atoms. The molecule has 1 heterocycles. The zero-order valence-corrected chi connectivity index (χ0v) is 6.63. The third kappa shape index (κ3) is 0.940. The minimum absolute atomic E-state index is 0.371. The van der Waals surface area contributed by atoms with Crippen LogP contribution in [0.2, 0.25) is 0 Å². The van der Waals surface area contributed by atoms with E-state index in [1.807, 2.05) is 31.2 Å². The normalized spacial score (nSPS) is 10.0. The lowest BCUT2D eigenvalue weighted by Gasteiger charge is -1.89. The van der Waals surface area contributed by atoms with Crippen LogP contribution in [0.3, 0.4) is 0 Å². The number of nitrogens with one attached hydrogen (secondary N) is 1. The average Bonchev–Trinajstić information content (AvgIpc) is 2.46. The van der Waals surface area contributed by atoms with Crippen LogP contribution in [0.1, 0.15) is 11.4 Å². The summed E-state index contributed by atoms with van der Waals surface area (Å²) in [5.74, 6) is 0.371. The quantitative estimate of drug-likeness (QED) is 0.633. The van der Waals surface area contributed by atoms with Gasteiger partial charge in [0.15, 0.2) is 0 Å². The first-order valence-electron chi connectivity index (χ1n) is 3.66. The summed E-state index contributed by atoms with van der Waals surface area (Å²) in [5, 5.41) is 8.56. The van der Waals surface area contributed by atoms with Crippen molar-refractivity contribution >= 4 is 11.0 Å². The maximum atomic E-state index is 8.56. The number of aromatic nitrogens is 2. The summed E-state index contributed by atoms with van der Waals surface area (Å²) in [5.41, 5.74) is 2.93. The van der Waals surface area contributed by atoms with E-state index in [2.05, 4.69) is 9.97 Å². The fourth-order valence-corrected chi connectivity index (χ4v) is 1.18. The standard InChI is InChI=1S/C9H7N3/c1-6-2-3-7-8(4-6)12-9(5-10)11-7/h2-4H,1H3,(H,11,12). The molecular formula is C9H7N3. The van der Waals surface area contributed by atoms with E-state index in [9.17, 15) is 0 Å². The van der Waals surface area contributed by atoms with Gasteiger partial charge in [0.05, 0.1) is 11.0 Å². The number of aryl methyl sites for hydroxylation is 1. The summed E-state index contributed by atoms with van der Waals surface area (Å²) in [6.45, 7) is 2.01. The van der Waals surface area contributed by atoms with E-state index in [1.165, 1.54) is 0 Å². The Morgan fingerprint density at radius 1 is 1.50 bits per heavy atom. The molecule has 0 aliphatic carbocycles. The topological polar surface area (TPSA) is 52.5 Å². The van der Waals surface area contributed by atoms with E-state index >= 15 is 0 Å². The molecule has 0 amide bonds. The molecule has 0 radical (unpaired) electrons. The Hall–Kier alpha value is -1.82. The van der Waals surface area contributed by atoms with Gasteiger partial charge in [-0.3, -0.25) is 0 Å². The highest BCUT2D eigenvalue weighted by Crippen LogP contribution is 2.12. The Labute approximate surface area is 69.7 Å². The third-order valence-corrected chi connectivity index (χ3v) is 1.74. The molecular weight excluding hydrogens is 150 g/mol. The number of fused-ring (bicyclic) bond motifs is 1. The number of hydrogen-bond acceptors (Lipinski definition) is 2. The number of benzene rings is 1. The molecule has 0 unspecified atom stereocenters. The van der Waals surface area contributed by atoms with Crippen LogP contribution in [0.15, 0.2) is 18.2 Å². The minimum Gasteiger partial charge on any atom is -0.329 e. The molecule has 12 heavy (non-hydrogen) atoms. The predicted octanol–water partition coefficient (Wildman–Crippen LogP) is 1.74. The van der Waals surface area contributed by atoms with Gasteiger partial charge in [0.1, 0.15) is 6.07 Å². The van der Waals surface area contributed by atoms with Gasteiger partial charge in [-0.2, -0.15) is 5.26 Å². The van der Waals surface area contributed by atoms with Crippen molar-refractivity contribution in [1.29, 1.82) is 5.26 Å². The molecule has 3 nitrogen and oxygen atoms in total. The van der Waals surface area contributed by atoms with E-state index in [4.69, 9.17) is 5.26 Å². The first-order valence-corrected chi connectivity index (χ1v) is 3.66. The maximum absolute atomic E-state index is 8.56. The van der Waals surface area contributed by atoms with Crippen LogP contribution in [-0.2, 0) is 0 Å². The Morgan fingerprint density at radius 3 is 3.08 bits per heavy atom. The molecule has 0 aliphatic heterocycles. The number of rotatable bonds is 0. The highest BCUT2D eigenvalue weighted by Gasteiger charge is 1.99. The van der Waals surface area contributed by atoms with Gasteiger partial charge in [0.2, 0.25) is 5.82 Å². The molecule has 1 aromatic heterocycles. The minimum atomic E-state index is 0.371. The van der Waals surface area contributed by atoms with Gasteiger partial charge in [-0.15, -0.1) is 0 Å². The first-order chi connectivity index (χ1) is 5.79. The summed E-state index contributed by atoms with van der Waals surface area (Å²) in [4.78, 5) is 6.97. The molecule has 0 saturated heterocycles. The number of nitrogens with zero attached hydrogens (tertiary/aromatic N) is 2. The van der Waals surface area contributed by atoms with Crippen LogP contribution in [0.5, 0.6) is 0 Å². The van der Waals surface area contributed by atoms with Gasteiger partial charge in [-0.25, -0.2) is 4.98 Å². The zero-order valence-electron chi connectivity index (χ0n) is 6.63. The fraction of sp³-hybridized carbons (Fsp3) is 0.111. The van der Waals surface area contributed by atoms with Gasteiger partial charge >= 0.3 is 0 Å². The van der Waals surface area contributed by atoms with Crippen LogP contribution < -0.4 is 0 Å². The third-order valence-electron chi connectivity index (χ3n) is 1.74.